The first-order chi connectivity index (χ1) is 10.2. The topological polar surface area (TPSA) is 66.7 Å². The monoisotopic (exact) mass is 302 g/mol. The van der Waals surface area contributed by atoms with Crippen molar-refractivity contribution in [3.63, 3.8) is 0 Å². The molecular weight excluding hydrogens is 284 g/mol. The molecule has 3 aromatic heterocycles. The highest BCUT2D eigenvalue weighted by molar-refractivity contribution is 7.09. The van der Waals surface area contributed by atoms with Crippen LogP contribution in [0.15, 0.2) is 34.3 Å². The van der Waals surface area contributed by atoms with Gasteiger partial charge < -0.3 is 9.73 Å². The average molecular weight is 302 g/mol. The van der Waals surface area contributed by atoms with Gasteiger partial charge in [-0.15, -0.1) is 11.3 Å². The first-order valence-corrected chi connectivity index (χ1v) is 7.81. The standard InChI is InChI=1S/C15H18N4OS/c1-10(15-17-5-6-21-15)7-16-8-12-9-18-19-14(12)13-4-3-11(2)20-13/h3-6,9-10,16H,7-8H2,1-2H3,(H,18,19). The SMILES string of the molecule is Cc1ccc(-c2[nH]ncc2CNCC(C)c2nccs2)o1. The van der Waals surface area contributed by atoms with Crippen molar-refractivity contribution in [2.75, 3.05) is 6.54 Å². The summed E-state index contributed by atoms with van der Waals surface area (Å²) in [6.45, 7) is 5.75. The maximum Gasteiger partial charge on any atom is 0.152 e. The van der Waals surface area contributed by atoms with E-state index in [0.29, 0.717) is 5.92 Å². The summed E-state index contributed by atoms with van der Waals surface area (Å²) >= 11 is 1.70. The number of H-pyrrole nitrogens is 1. The molecule has 0 spiro atoms. The Morgan fingerprint density at radius 3 is 3.05 bits per heavy atom. The third-order valence-corrected chi connectivity index (χ3v) is 4.35. The molecule has 0 aliphatic carbocycles. The third-order valence-electron chi connectivity index (χ3n) is 3.34. The Bertz CT molecular complexity index is 686. The molecule has 0 aromatic carbocycles. The van der Waals surface area contributed by atoms with Crippen LogP contribution in [0.3, 0.4) is 0 Å². The highest BCUT2D eigenvalue weighted by Gasteiger charge is 2.12. The van der Waals surface area contributed by atoms with E-state index in [1.54, 1.807) is 11.3 Å². The van der Waals surface area contributed by atoms with Gasteiger partial charge in [0.1, 0.15) is 11.5 Å². The van der Waals surface area contributed by atoms with Crippen LogP contribution in [0.1, 0.15) is 29.2 Å². The van der Waals surface area contributed by atoms with Gasteiger partial charge in [-0.1, -0.05) is 6.92 Å². The number of hydrogen-bond acceptors (Lipinski definition) is 5. The highest BCUT2D eigenvalue weighted by atomic mass is 32.1. The molecule has 0 radical (unpaired) electrons. The van der Waals surface area contributed by atoms with Crippen LogP contribution in [0.2, 0.25) is 0 Å². The zero-order valence-electron chi connectivity index (χ0n) is 12.1. The van der Waals surface area contributed by atoms with E-state index < -0.39 is 0 Å². The van der Waals surface area contributed by atoms with Gasteiger partial charge in [0, 0.05) is 36.1 Å². The minimum absolute atomic E-state index is 0.409. The van der Waals surface area contributed by atoms with E-state index in [2.05, 4.69) is 27.4 Å². The largest absolute Gasteiger partial charge is 0.460 e. The number of rotatable bonds is 6. The molecule has 3 heterocycles. The van der Waals surface area contributed by atoms with E-state index in [9.17, 15) is 0 Å². The molecule has 0 aliphatic heterocycles. The van der Waals surface area contributed by atoms with Gasteiger partial charge in [0.15, 0.2) is 5.76 Å². The van der Waals surface area contributed by atoms with Crippen molar-refractivity contribution in [3.05, 3.63) is 46.2 Å². The normalized spacial score (nSPS) is 12.7. The van der Waals surface area contributed by atoms with Crippen LogP contribution in [0.4, 0.5) is 0 Å². The molecule has 3 rings (SSSR count). The molecule has 0 aliphatic rings. The maximum absolute atomic E-state index is 5.65. The number of nitrogens with one attached hydrogen (secondary N) is 2. The van der Waals surface area contributed by atoms with Crippen LogP contribution < -0.4 is 5.32 Å². The van der Waals surface area contributed by atoms with Gasteiger partial charge in [-0.05, 0) is 19.1 Å². The summed E-state index contributed by atoms with van der Waals surface area (Å²) in [6, 6.07) is 3.92. The quantitative estimate of drug-likeness (QED) is 0.733. The van der Waals surface area contributed by atoms with Crippen LogP contribution in [0.5, 0.6) is 0 Å². The molecule has 0 saturated heterocycles. The molecule has 5 nitrogen and oxygen atoms in total. The molecule has 0 saturated carbocycles. The Morgan fingerprint density at radius 1 is 1.43 bits per heavy atom. The van der Waals surface area contributed by atoms with Crippen molar-refractivity contribution in [1.29, 1.82) is 0 Å². The Morgan fingerprint density at radius 2 is 2.33 bits per heavy atom. The lowest BCUT2D eigenvalue weighted by molar-refractivity contribution is 0.544. The van der Waals surface area contributed by atoms with Crippen molar-refractivity contribution in [1.82, 2.24) is 20.5 Å². The summed E-state index contributed by atoms with van der Waals surface area (Å²) in [5.41, 5.74) is 2.05. The van der Waals surface area contributed by atoms with Crippen molar-refractivity contribution < 1.29 is 4.42 Å². The number of thiazole rings is 1. The van der Waals surface area contributed by atoms with Gasteiger partial charge in [0.2, 0.25) is 0 Å². The van der Waals surface area contributed by atoms with Crippen LogP contribution in [-0.4, -0.2) is 21.7 Å². The molecule has 6 heteroatoms. The number of hydrogen-bond donors (Lipinski definition) is 2. The van der Waals surface area contributed by atoms with Crippen LogP contribution in [0, 0.1) is 6.92 Å². The predicted octanol–water partition coefficient (Wildman–Crippen LogP) is 3.33. The Hall–Kier alpha value is -1.92. The zero-order chi connectivity index (χ0) is 14.7. The number of aromatic nitrogens is 3. The lowest BCUT2D eigenvalue weighted by Gasteiger charge is -2.09. The first kappa shape index (κ1) is 14.0. The molecule has 3 aromatic rings. The summed E-state index contributed by atoms with van der Waals surface area (Å²) in [6.07, 6.45) is 3.69. The van der Waals surface area contributed by atoms with E-state index in [-0.39, 0.29) is 0 Å². The lowest BCUT2D eigenvalue weighted by atomic mass is 10.1. The van der Waals surface area contributed by atoms with Gasteiger partial charge in [-0.25, -0.2) is 4.98 Å². The molecule has 110 valence electrons. The minimum atomic E-state index is 0.409. The minimum Gasteiger partial charge on any atom is -0.460 e. The molecule has 0 bridgehead atoms. The molecule has 2 N–H and O–H groups in total. The maximum atomic E-state index is 5.65. The van der Waals surface area contributed by atoms with E-state index in [1.807, 2.05) is 36.8 Å². The van der Waals surface area contributed by atoms with Gasteiger partial charge in [0.05, 0.1) is 11.2 Å². The van der Waals surface area contributed by atoms with E-state index in [1.165, 1.54) is 0 Å². The number of furan rings is 1. The highest BCUT2D eigenvalue weighted by Crippen LogP contribution is 2.23. The average Bonchev–Trinajstić information content (AvgIpc) is 3.19. The molecule has 1 unspecified atom stereocenters. The second kappa shape index (κ2) is 6.24. The Labute approximate surface area is 127 Å². The van der Waals surface area contributed by atoms with Crippen molar-refractivity contribution in [2.45, 2.75) is 26.3 Å². The second-order valence-electron chi connectivity index (χ2n) is 5.08. The summed E-state index contributed by atoms with van der Waals surface area (Å²) in [5.74, 6) is 2.14. The van der Waals surface area contributed by atoms with Gasteiger partial charge in [0.25, 0.3) is 0 Å². The molecule has 1 atom stereocenters. The van der Waals surface area contributed by atoms with Gasteiger partial charge in [-0.2, -0.15) is 5.10 Å². The molecular formula is C15H18N4OS. The summed E-state index contributed by atoms with van der Waals surface area (Å²) in [7, 11) is 0. The first-order valence-electron chi connectivity index (χ1n) is 6.93. The van der Waals surface area contributed by atoms with Gasteiger partial charge in [-0.3, -0.25) is 5.10 Å². The smallest absolute Gasteiger partial charge is 0.152 e. The van der Waals surface area contributed by atoms with Crippen LogP contribution in [-0.2, 0) is 6.54 Å². The summed E-state index contributed by atoms with van der Waals surface area (Å²) in [5, 5.41) is 13.8. The van der Waals surface area contributed by atoms with Crippen molar-refractivity contribution in [2.24, 2.45) is 0 Å². The number of aryl methyl sites for hydroxylation is 1. The Kier molecular flexibility index (Phi) is 4.17. The number of nitrogens with zero attached hydrogens (tertiary/aromatic N) is 2. The third kappa shape index (κ3) is 3.22. The van der Waals surface area contributed by atoms with Gasteiger partial charge >= 0.3 is 0 Å². The molecule has 0 amide bonds. The van der Waals surface area contributed by atoms with Crippen molar-refractivity contribution in [3.8, 4) is 11.5 Å². The zero-order valence-corrected chi connectivity index (χ0v) is 12.9. The van der Waals surface area contributed by atoms with E-state index >= 15 is 0 Å². The van der Waals surface area contributed by atoms with E-state index in [4.69, 9.17) is 4.42 Å². The predicted molar refractivity (Wildman–Crippen MR) is 83.3 cm³/mol. The lowest BCUT2D eigenvalue weighted by Crippen LogP contribution is -2.19. The summed E-state index contributed by atoms with van der Waals surface area (Å²) in [4.78, 5) is 4.34. The number of aromatic amines is 1. The Balaban J connectivity index is 1.60. The fraction of sp³-hybridized carbons (Fsp3) is 0.333. The van der Waals surface area contributed by atoms with Crippen LogP contribution in [0.25, 0.3) is 11.5 Å². The fourth-order valence-electron chi connectivity index (χ4n) is 2.22. The van der Waals surface area contributed by atoms with E-state index in [0.717, 1.165) is 40.9 Å². The molecule has 21 heavy (non-hydrogen) atoms. The van der Waals surface area contributed by atoms with Crippen LogP contribution >= 0.6 is 11.3 Å². The second-order valence-corrected chi connectivity index (χ2v) is 6.01. The summed E-state index contributed by atoms with van der Waals surface area (Å²) < 4.78 is 5.65. The molecule has 0 fully saturated rings. The fourth-order valence-corrected chi connectivity index (χ4v) is 2.91. The van der Waals surface area contributed by atoms with Crippen molar-refractivity contribution >= 4 is 11.3 Å².